The number of amides is 1. The minimum Gasteiger partial charge on any atom is -0.366 e. The quantitative estimate of drug-likeness (QED) is 0.443. The van der Waals surface area contributed by atoms with Crippen LogP contribution in [0.2, 0.25) is 0 Å². The molecule has 0 saturated carbocycles. The lowest BCUT2D eigenvalue weighted by Crippen LogP contribution is -2.04. The molecule has 1 amide bonds. The van der Waals surface area contributed by atoms with Crippen LogP contribution in [0.5, 0.6) is 0 Å². The number of primary amides is 1. The molecule has 0 fully saturated rings. The summed E-state index contributed by atoms with van der Waals surface area (Å²) < 4.78 is 0. The number of unbranched alkanes of at least 4 members (excludes halogenated alkanes) is 1. The molecule has 0 aromatic rings. The topological polar surface area (TPSA) is 43.1 Å². The summed E-state index contributed by atoms with van der Waals surface area (Å²) in [5.74, 6) is -0.442. The molecular weight excluding hydrogens is 114 g/mol. The Labute approximate surface area is 55.1 Å². The van der Waals surface area contributed by atoms with Crippen LogP contribution < -0.4 is 5.73 Å². The summed E-state index contributed by atoms with van der Waals surface area (Å²) in [4.78, 5) is 10.0. The highest BCUT2D eigenvalue weighted by atomic mass is 16.1. The Balaban J connectivity index is 3.54. The van der Waals surface area contributed by atoms with E-state index in [0.29, 0.717) is 0 Å². The number of carbonyl (C=O) groups excluding carboxylic acids is 1. The highest BCUT2D eigenvalue weighted by molar-refractivity contribution is 5.85. The monoisotopic (exact) mass is 125 g/mol. The fourth-order valence-electron chi connectivity index (χ4n) is 0.369. The first-order chi connectivity index (χ1) is 4.27. The molecule has 2 nitrogen and oxygen atoms in total. The smallest absolute Gasteiger partial charge is 0.249 e. The van der Waals surface area contributed by atoms with Gasteiger partial charge in [-0.05, 0) is 12.5 Å². The van der Waals surface area contributed by atoms with Crippen LogP contribution in [0, 0.1) is 0 Å². The van der Waals surface area contributed by atoms with Gasteiger partial charge in [-0.3, -0.25) is 4.79 Å². The van der Waals surface area contributed by atoms with Crippen LogP contribution in [0.3, 0.4) is 0 Å². The van der Waals surface area contributed by atoms with Gasteiger partial charge in [0.25, 0.3) is 0 Å². The van der Waals surface area contributed by atoms with Gasteiger partial charge in [-0.25, -0.2) is 0 Å². The molecule has 0 aliphatic heterocycles. The first-order valence-corrected chi connectivity index (χ1v) is 2.97. The second kappa shape index (κ2) is 5.13. The molecular formula is C7H11NO. The summed E-state index contributed by atoms with van der Waals surface area (Å²) in [6.45, 7) is 2.06. The lowest BCUT2D eigenvalue weighted by molar-refractivity contribution is -0.113. The van der Waals surface area contributed by atoms with Crippen molar-refractivity contribution in [3.63, 3.8) is 0 Å². The molecule has 0 bridgehead atoms. The standard InChI is InChI=1S/C7H11NO/c1-2-3-4-5-6-7(8)9/h4,6H,2-3H2,1H3,(H2,8,9). The first kappa shape index (κ1) is 7.99. The molecule has 0 unspecified atom stereocenters. The molecule has 2 N–H and O–H groups in total. The maximum Gasteiger partial charge on any atom is 0.249 e. The molecule has 0 saturated heterocycles. The SMILES string of the molecule is CCCC=C=CC(N)=O. The van der Waals surface area contributed by atoms with E-state index in [-0.39, 0.29) is 0 Å². The summed E-state index contributed by atoms with van der Waals surface area (Å²) in [5, 5.41) is 0. The normalized spacial score (nSPS) is 7.67. The van der Waals surface area contributed by atoms with Gasteiger partial charge >= 0.3 is 0 Å². The summed E-state index contributed by atoms with van der Waals surface area (Å²) in [7, 11) is 0. The molecule has 0 radical (unpaired) electrons. The van der Waals surface area contributed by atoms with Gasteiger partial charge < -0.3 is 5.73 Å². The molecule has 0 heterocycles. The third-order valence-electron chi connectivity index (χ3n) is 0.776. The third-order valence-corrected chi connectivity index (χ3v) is 0.776. The summed E-state index contributed by atoms with van der Waals surface area (Å²) in [6.07, 6.45) is 5.05. The average Bonchev–Trinajstić information content (AvgIpc) is 1.80. The molecule has 0 aliphatic carbocycles. The van der Waals surface area contributed by atoms with Crippen LogP contribution in [-0.2, 0) is 4.79 Å². The van der Waals surface area contributed by atoms with Gasteiger partial charge in [-0.2, -0.15) is 0 Å². The largest absolute Gasteiger partial charge is 0.366 e. The van der Waals surface area contributed by atoms with Gasteiger partial charge in [-0.1, -0.05) is 13.3 Å². The van der Waals surface area contributed by atoms with Crippen LogP contribution >= 0.6 is 0 Å². The van der Waals surface area contributed by atoms with E-state index in [2.05, 4.69) is 12.7 Å². The summed E-state index contributed by atoms with van der Waals surface area (Å²) in [6, 6.07) is 0. The van der Waals surface area contributed by atoms with Crippen molar-refractivity contribution in [1.82, 2.24) is 0 Å². The van der Waals surface area contributed by atoms with E-state index in [9.17, 15) is 4.79 Å². The van der Waals surface area contributed by atoms with Crippen LogP contribution in [0.25, 0.3) is 0 Å². The van der Waals surface area contributed by atoms with Gasteiger partial charge in [0.05, 0.1) is 0 Å². The van der Waals surface area contributed by atoms with Gasteiger partial charge in [0.2, 0.25) is 5.91 Å². The maximum atomic E-state index is 10.0. The average molecular weight is 125 g/mol. The highest BCUT2D eigenvalue weighted by Crippen LogP contribution is 1.84. The second-order valence-electron chi connectivity index (χ2n) is 1.71. The van der Waals surface area contributed by atoms with E-state index < -0.39 is 5.91 Å². The Morgan fingerprint density at radius 3 is 2.89 bits per heavy atom. The number of carbonyl (C=O) groups is 1. The van der Waals surface area contributed by atoms with E-state index in [1.54, 1.807) is 6.08 Å². The van der Waals surface area contributed by atoms with Crippen molar-refractivity contribution in [1.29, 1.82) is 0 Å². The zero-order chi connectivity index (χ0) is 7.11. The van der Waals surface area contributed by atoms with Gasteiger partial charge in [0.15, 0.2) is 0 Å². The molecule has 0 aromatic carbocycles. The van der Waals surface area contributed by atoms with Crippen molar-refractivity contribution >= 4 is 5.91 Å². The molecule has 0 rings (SSSR count). The predicted octanol–water partition coefficient (Wildman–Crippen LogP) is 0.983. The Morgan fingerprint density at radius 2 is 2.44 bits per heavy atom. The molecule has 0 atom stereocenters. The minimum atomic E-state index is -0.442. The molecule has 9 heavy (non-hydrogen) atoms. The molecule has 0 aromatic heterocycles. The highest BCUT2D eigenvalue weighted by Gasteiger charge is 1.75. The van der Waals surface area contributed by atoms with E-state index >= 15 is 0 Å². The van der Waals surface area contributed by atoms with Gasteiger partial charge in [0, 0.05) is 6.08 Å². The van der Waals surface area contributed by atoms with Crippen LogP contribution in [0.15, 0.2) is 17.9 Å². The van der Waals surface area contributed by atoms with Crippen LogP contribution in [0.4, 0.5) is 0 Å². The predicted molar refractivity (Wildman–Crippen MR) is 36.8 cm³/mol. The van der Waals surface area contributed by atoms with Crippen molar-refractivity contribution in [3.05, 3.63) is 17.9 Å². The lowest BCUT2D eigenvalue weighted by Gasteiger charge is -1.76. The molecule has 0 aliphatic rings. The van der Waals surface area contributed by atoms with E-state index in [1.807, 2.05) is 0 Å². The summed E-state index contributed by atoms with van der Waals surface area (Å²) >= 11 is 0. The van der Waals surface area contributed by atoms with Gasteiger partial charge in [0.1, 0.15) is 0 Å². The van der Waals surface area contributed by atoms with E-state index in [4.69, 9.17) is 5.73 Å². The maximum absolute atomic E-state index is 10.0. The zero-order valence-electron chi connectivity index (χ0n) is 5.55. The third kappa shape index (κ3) is 6.99. The molecule has 0 spiro atoms. The molecule has 50 valence electrons. The van der Waals surface area contributed by atoms with Crippen molar-refractivity contribution in [2.75, 3.05) is 0 Å². The fraction of sp³-hybridized carbons (Fsp3) is 0.429. The summed E-state index contributed by atoms with van der Waals surface area (Å²) in [5.41, 5.74) is 7.46. The zero-order valence-corrected chi connectivity index (χ0v) is 5.55. The minimum absolute atomic E-state index is 0.442. The van der Waals surface area contributed by atoms with Crippen molar-refractivity contribution < 1.29 is 4.79 Å². The Morgan fingerprint density at radius 1 is 1.78 bits per heavy atom. The first-order valence-electron chi connectivity index (χ1n) is 2.97. The number of rotatable bonds is 3. The van der Waals surface area contributed by atoms with E-state index in [1.165, 1.54) is 6.08 Å². The van der Waals surface area contributed by atoms with Crippen molar-refractivity contribution in [2.45, 2.75) is 19.8 Å². The second-order valence-corrected chi connectivity index (χ2v) is 1.71. The number of hydrogen-bond donors (Lipinski definition) is 1. The van der Waals surface area contributed by atoms with E-state index in [0.717, 1.165) is 12.8 Å². The lowest BCUT2D eigenvalue weighted by atomic mass is 10.3. The van der Waals surface area contributed by atoms with Crippen LogP contribution in [-0.4, -0.2) is 5.91 Å². The Kier molecular flexibility index (Phi) is 4.56. The Hall–Kier alpha value is -1.01. The Bertz CT molecular complexity index is 143. The van der Waals surface area contributed by atoms with Crippen LogP contribution in [0.1, 0.15) is 19.8 Å². The fourth-order valence-corrected chi connectivity index (χ4v) is 0.369. The molecule has 2 heteroatoms. The van der Waals surface area contributed by atoms with Gasteiger partial charge in [-0.15, -0.1) is 5.73 Å². The van der Waals surface area contributed by atoms with Crippen molar-refractivity contribution in [3.8, 4) is 0 Å². The number of nitrogens with two attached hydrogens (primary N) is 1. The number of hydrogen-bond acceptors (Lipinski definition) is 1. The van der Waals surface area contributed by atoms with Crippen molar-refractivity contribution in [2.24, 2.45) is 5.73 Å².